The molecular weight excluding hydrogens is 400 g/mol. The molecule has 124 valence electrons. The molecule has 5 nitrogen and oxygen atoms in total. The molecule has 1 aromatic carbocycles. The highest BCUT2D eigenvalue weighted by Crippen LogP contribution is 2.23. The summed E-state index contributed by atoms with van der Waals surface area (Å²) in [5, 5.41) is 0. The quantitative estimate of drug-likeness (QED) is 0.786. The SMILES string of the molecule is CCNS(=O)(=O)c1cccc(C(=O)N(C)Cc2ccc(Br)s2)c1. The molecule has 2 aromatic rings. The molecule has 0 atom stereocenters. The van der Waals surface area contributed by atoms with E-state index in [9.17, 15) is 13.2 Å². The van der Waals surface area contributed by atoms with Gasteiger partial charge in [-0.1, -0.05) is 13.0 Å². The van der Waals surface area contributed by atoms with E-state index in [0.717, 1.165) is 8.66 Å². The number of nitrogens with one attached hydrogen (secondary N) is 1. The van der Waals surface area contributed by atoms with Gasteiger partial charge in [-0.15, -0.1) is 11.3 Å². The summed E-state index contributed by atoms with van der Waals surface area (Å²) in [7, 11) is -1.88. The summed E-state index contributed by atoms with van der Waals surface area (Å²) >= 11 is 4.95. The fourth-order valence-corrected chi connectivity index (χ4v) is 4.66. The molecule has 2 rings (SSSR count). The molecule has 0 aliphatic rings. The van der Waals surface area contributed by atoms with Gasteiger partial charge in [-0.05, 0) is 46.3 Å². The summed E-state index contributed by atoms with van der Waals surface area (Å²) in [6.07, 6.45) is 0. The van der Waals surface area contributed by atoms with Crippen molar-refractivity contribution in [2.75, 3.05) is 13.6 Å². The lowest BCUT2D eigenvalue weighted by molar-refractivity contribution is 0.0786. The Kier molecular flexibility index (Phi) is 5.96. The van der Waals surface area contributed by atoms with Gasteiger partial charge in [-0.3, -0.25) is 4.79 Å². The summed E-state index contributed by atoms with van der Waals surface area (Å²) in [4.78, 5) is 15.2. The molecular formula is C15H17BrN2O3S2. The molecule has 1 aromatic heterocycles. The van der Waals surface area contributed by atoms with Crippen LogP contribution >= 0.6 is 27.3 Å². The first-order valence-corrected chi connectivity index (χ1v) is 10.0. The van der Waals surface area contributed by atoms with Gasteiger partial charge < -0.3 is 4.90 Å². The third-order valence-electron chi connectivity index (χ3n) is 3.09. The first kappa shape index (κ1) is 18.1. The topological polar surface area (TPSA) is 66.5 Å². The van der Waals surface area contributed by atoms with E-state index >= 15 is 0 Å². The molecule has 23 heavy (non-hydrogen) atoms. The maximum atomic E-state index is 12.5. The Hall–Kier alpha value is -1.22. The zero-order valence-corrected chi connectivity index (χ0v) is 16.0. The number of thiophene rings is 1. The van der Waals surface area contributed by atoms with Gasteiger partial charge in [0.15, 0.2) is 0 Å². The van der Waals surface area contributed by atoms with Crippen LogP contribution in [-0.2, 0) is 16.6 Å². The average Bonchev–Trinajstić information content (AvgIpc) is 2.91. The smallest absolute Gasteiger partial charge is 0.253 e. The number of halogens is 1. The van der Waals surface area contributed by atoms with Gasteiger partial charge in [0.2, 0.25) is 10.0 Å². The van der Waals surface area contributed by atoms with E-state index in [1.54, 1.807) is 42.3 Å². The molecule has 0 saturated carbocycles. The second kappa shape index (κ2) is 7.57. The molecule has 8 heteroatoms. The van der Waals surface area contributed by atoms with Gasteiger partial charge in [0.25, 0.3) is 5.91 Å². The first-order chi connectivity index (χ1) is 10.8. The predicted molar refractivity (Wildman–Crippen MR) is 95.1 cm³/mol. The Morgan fingerprint density at radius 1 is 1.30 bits per heavy atom. The highest BCUT2D eigenvalue weighted by molar-refractivity contribution is 9.11. The van der Waals surface area contributed by atoms with Gasteiger partial charge in [0.1, 0.15) is 0 Å². The zero-order chi connectivity index (χ0) is 17.0. The first-order valence-electron chi connectivity index (χ1n) is 6.93. The summed E-state index contributed by atoms with van der Waals surface area (Å²) in [5.41, 5.74) is 0.349. The lowest BCUT2D eigenvalue weighted by atomic mass is 10.2. The van der Waals surface area contributed by atoms with Crippen LogP contribution in [0.3, 0.4) is 0 Å². The Morgan fingerprint density at radius 2 is 2.04 bits per heavy atom. The molecule has 0 saturated heterocycles. The fourth-order valence-electron chi connectivity index (χ4n) is 2.03. The summed E-state index contributed by atoms with van der Waals surface area (Å²) in [5.74, 6) is -0.219. The molecule has 0 spiro atoms. The zero-order valence-electron chi connectivity index (χ0n) is 12.7. The van der Waals surface area contributed by atoms with Crippen molar-refractivity contribution < 1.29 is 13.2 Å². The molecule has 1 N–H and O–H groups in total. The van der Waals surface area contributed by atoms with Crippen molar-refractivity contribution in [3.8, 4) is 0 Å². The number of hydrogen-bond acceptors (Lipinski definition) is 4. The molecule has 0 aliphatic carbocycles. The molecule has 0 fully saturated rings. The molecule has 0 bridgehead atoms. The lowest BCUT2D eigenvalue weighted by Crippen LogP contribution is -2.27. The molecule has 1 heterocycles. The third kappa shape index (κ3) is 4.63. The minimum absolute atomic E-state index is 0.0949. The van der Waals surface area contributed by atoms with E-state index < -0.39 is 10.0 Å². The van der Waals surface area contributed by atoms with Crippen LogP contribution in [0.1, 0.15) is 22.2 Å². The van der Waals surface area contributed by atoms with Crippen LogP contribution in [0.25, 0.3) is 0 Å². The van der Waals surface area contributed by atoms with E-state index in [2.05, 4.69) is 20.7 Å². The lowest BCUT2D eigenvalue weighted by Gasteiger charge is -2.16. The third-order valence-corrected chi connectivity index (χ3v) is 6.25. The van der Waals surface area contributed by atoms with Crippen molar-refractivity contribution in [3.63, 3.8) is 0 Å². The summed E-state index contributed by atoms with van der Waals surface area (Å²) in [6.45, 7) is 2.48. The number of carbonyl (C=O) groups is 1. The maximum absolute atomic E-state index is 12.5. The van der Waals surface area contributed by atoms with Gasteiger partial charge in [0, 0.05) is 24.0 Å². The minimum Gasteiger partial charge on any atom is -0.337 e. The van der Waals surface area contributed by atoms with Crippen LogP contribution in [0.15, 0.2) is 45.1 Å². The predicted octanol–water partition coefficient (Wildman–Crippen LogP) is 3.08. The number of benzene rings is 1. The Bertz CT molecular complexity index is 803. The number of amides is 1. The highest BCUT2D eigenvalue weighted by Gasteiger charge is 2.17. The van der Waals surface area contributed by atoms with Crippen LogP contribution in [0.4, 0.5) is 0 Å². The average molecular weight is 417 g/mol. The van der Waals surface area contributed by atoms with Crippen molar-refractivity contribution in [1.82, 2.24) is 9.62 Å². The molecule has 0 radical (unpaired) electrons. The summed E-state index contributed by atoms with van der Waals surface area (Å²) < 4.78 is 27.5. The number of sulfonamides is 1. The molecule has 1 amide bonds. The minimum atomic E-state index is -3.57. The Labute approximate surface area is 148 Å². The van der Waals surface area contributed by atoms with Crippen LogP contribution in [0.2, 0.25) is 0 Å². The van der Waals surface area contributed by atoms with Crippen molar-refractivity contribution >= 4 is 43.2 Å². The van der Waals surface area contributed by atoms with E-state index in [4.69, 9.17) is 0 Å². The number of carbonyl (C=O) groups excluding carboxylic acids is 1. The fraction of sp³-hybridized carbons (Fsp3) is 0.267. The summed E-state index contributed by atoms with van der Waals surface area (Å²) in [6, 6.07) is 9.96. The van der Waals surface area contributed by atoms with Crippen molar-refractivity contribution in [2.24, 2.45) is 0 Å². The van der Waals surface area contributed by atoms with E-state index in [0.29, 0.717) is 18.7 Å². The highest BCUT2D eigenvalue weighted by atomic mass is 79.9. The number of nitrogens with zero attached hydrogens (tertiary/aromatic N) is 1. The maximum Gasteiger partial charge on any atom is 0.253 e. The molecule has 0 aliphatic heterocycles. The monoisotopic (exact) mass is 416 g/mol. The van der Waals surface area contributed by atoms with Gasteiger partial charge in [-0.2, -0.15) is 0 Å². The van der Waals surface area contributed by atoms with Crippen molar-refractivity contribution in [3.05, 3.63) is 50.6 Å². The van der Waals surface area contributed by atoms with Crippen molar-refractivity contribution in [2.45, 2.75) is 18.4 Å². The van der Waals surface area contributed by atoms with Crippen LogP contribution in [0, 0.1) is 0 Å². The largest absolute Gasteiger partial charge is 0.337 e. The van der Waals surface area contributed by atoms with E-state index in [-0.39, 0.29) is 10.8 Å². The second-order valence-corrected chi connectivity index (χ2v) is 9.21. The van der Waals surface area contributed by atoms with Crippen molar-refractivity contribution in [1.29, 1.82) is 0 Å². The standard InChI is InChI=1S/C15H17BrN2O3S2/c1-3-17-23(20,21)13-6-4-5-11(9-13)15(19)18(2)10-12-7-8-14(16)22-12/h4-9,17H,3,10H2,1-2H3. The van der Waals surface area contributed by atoms with E-state index in [1.165, 1.54) is 12.1 Å². The van der Waals surface area contributed by atoms with Crippen LogP contribution in [0.5, 0.6) is 0 Å². The van der Waals surface area contributed by atoms with Gasteiger partial charge in [0.05, 0.1) is 15.2 Å². The number of rotatable bonds is 6. The van der Waals surface area contributed by atoms with Crippen LogP contribution < -0.4 is 4.72 Å². The Morgan fingerprint density at radius 3 is 2.65 bits per heavy atom. The van der Waals surface area contributed by atoms with Crippen LogP contribution in [-0.4, -0.2) is 32.8 Å². The van der Waals surface area contributed by atoms with Gasteiger partial charge in [-0.25, -0.2) is 13.1 Å². The second-order valence-electron chi connectivity index (χ2n) is 4.90. The Balaban J connectivity index is 2.19. The number of hydrogen-bond donors (Lipinski definition) is 1. The van der Waals surface area contributed by atoms with Gasteiger partial charge >= 0.3 is 0 Å². The van der Waals surface area contributed by atoms with E-state index in [1.807, 2.05) is 12.1 Å². The normalized spacial score (nSPS) is 11.4. The molecule has 0 unspecified atom stereocenters.